The Kier molecular flexibility index (Phi) is 5.11. The van der Waals surface area contributed by atoms with Crippen molar-refractivity contribution in [2.45, 2.75) is 17.9 Å². The zero-order valence-electron chi connectivity index (χ0n) is 16.1. The molecule has 0 aliphatic carbocycles. The van der Waals surface area contributed by atoms with Crippen LogP contribution in [0.5, 0.6) is 0 Å². The van der Waals surface area contributed by atoms with Crippen LogP contribution in [-0.2, 0) is 10.0 Å². The third-order valence-electron chi connectivity index (χ3n) is 4.94. The lowest BCUT2D eigenvalue weighted by Gasteiger charge is -2.20. The second-order valence-corrected chi connectivity index (χ2v) is 8.72. The number of nitrogens with one attached hydrogen (secondary N) is 2. The summed E-state index contributed by atoms with van der Waals surface area (Å²) in [5, 5.41) is 11.8. The van der Waals surface area contributed by atoms with Gasteiger partial charge >= 0.3 is 0 Å². The Morgan fingerprint density at radius 1 is 1.00 bits per heavy atom. The fourth-order valence-corrected chi connectivity index (χ4v) is 4.67. The summed E-state index contributed by atoms with van der Waals surface area (Å²) in [5.74, 6) is 0. The maximum Gasteiger partial charge on any atom is 0.269 e. The van der Waals surface area contributed by atoms with Crippen LogP contribution in [0.15, 0.2) is 83.9 Å². The summed E-state index contributed by atoms with van der Waals surface area (Å²) >= 11 is 0. The average molecular weight is 421 g/mol. The van der Waals surface area contributed by atoms with E-state index in [1.807, 2.05) is 55.5 Å². The largest absolute Gasteiger partial charge is 0.361 e. The molecule has 1 aromatic heterocycles. The molecule has 0 aliphatic heterocycles. The van der Waals surface area contributed by atoms with E-state index in [1.165, 1.54) is 24.3 Å². The second-order valence-electron chi connectivity index (χ2n) is 7.01. The fraction of sp³-hybridized carbons (Fsp3) is 0.0909. The number of aromatic amines is 1. The van der Waals surface area contributed by atoms with Gasteiger partial charge in [-0.25, -0.2) is 8.42 Å². The van der Waals surface area contributed by atoms with Crippen LogP contribution in [0.4, 0.5) is 5.69 Å². The summed E-state index contributed by atoms with van der Waals surface area (Å²) < 4.78 is 29.0. The van der Waals surface area contributed by atoms with E-state index in [4.69, 9.17) is 0 Å². The van der Waals surface area contributed by atoms with Gasteiger partial charge in [-0.3, -0.25) is 10.1 Å². The number of sulfonamides is 1. The molecule has 2 N–H and O–H groups in total. The molecule has 152 valence electrons. The number of nitrogens with zero attached hydrogens (tertiary/aromatic N) is 1. The molecule has 0 aliphatic rings. The van der Waals surface area contributed by atoms with E-state index in [0.29, 0.717) is 0 Å². The van der Waals surface area contributed by atoms with Gasteiger partial charge in [0.2, 0.25) is 10.0 Å². The van der Waals surface area contributed by atoms with Gasteiger partial charge in [0.15, 0.2) is 0 Å². The van der Waals surface area contributed by atoms with Gasteiger partial charge in [-0.2, -0.15) is 4.72 Å². The molecular formula is C22H19N3O4S. The Balaban J connectivity index is 1.79. The quantitative estimate of drug-likeness (QED) is 0.354. The van der Waals surface area contributed by atoms with E-state index in [2.05, 4.69) is 9.71 Å². The van der Waals surface area contributed by atoms with Crippen molar-refractivity contribution in [3.05, 3.63) is 106 Å². The number of rotatable bonds is 6. The SMILES string of the molecule is Cc1cccc(C(NS(=O)(=O)c2ccc([N+](=O)[O-])cc2)c2c[nH]c3ccccc23)c1. The van der Waals surface area contributed by atoms with Gasteiger partial charge in [-0.15, -0.1) is 0 Å². The molecule has 3 aromatic carbocycles. The number of hydrogen-bond donors (Lipinski definition) is 2. The minimum atomic E-state index is -3.94. The lowest BCUT2D eigenvalue weighted by molar-refractivity contribution is -0.384. The molecular weight excluding hydrogens is 402 g/mol. The van der Waals surface area contributed by atoms with E-state index in [0.717, 1.165) is 27.6 Å². The molecule has 0 amide bonds. The zero-order chi connectivity index (χ0) is 21.3. The summed E-state index contributed by atoms with van der Waals surface area (Å²) in [6.45, 7) is 1.95. The highest BCUT2D eigenvalue weighted by Crippen LogP contribution is 2.31. The molecule has 4 rings (SSSR count). The minimum absolute atomic E-state index is 0.0365. The van der Waals surface area contributed by atoms with E-state index in [9.17, 15) is 18.5 Å². The number of non-ortho nitro benzene ring substituents is 1. The standard InChI is InChI=1S/C22H19N3O4S/c1-15-5-4-6-16(13-15)22(20-14-23-21-8-3-2-7-19(20)21)24-30(28,29)18-11-9-17(10-12-18)25(26)27/h2-14,22-24H,1H3. The molecule has 1 atom stereocenters. The van der Waals surface area contributed by atoms with Gasteiger partial charge in [0.05, 0.1) is 15.9 Å². The lowest BCUT2D eigenvalue weighted by atomic mass is 9.98. The Hall–Kier alpha value is -3.49. The lowest BCUT2D eigenvalue weighted by Crippen LogP contribution is -2.29. The number of fused-ring (bicyclic) bond motifs is 1. The van der Waals surface area contributed by atoms with Crippen molar-refractivity contribution in [2.24, 2.45) is 0 Å². The number of aryl methyl sites for hydroxylation is 1. The van der Waals surface area contributed by atoms with E-state index in [-0.39, 0.29) is 10.6 Å². The van der Waals surface area contributed by atoms with Crippen molar-refractivity contribution >= 4 is 26.6 Å². The Bertz CT molecular complexity index is 1330. The molecule has 30 heavy (non-hydrogen) atoms. The van der Waals surface area contributed by atoms with Crippen LogP contribution in [-0.4, -0.2) is 18.3 Å². The zero-order valence-corrected chi connectivity index (χ0v) is 16.9. The highest BCUT2D eigenvalue weighted by Gasteiger charge is 2.25. The van der Waals surface area contributed by atoms with Crippen LogP contribution in [0, 0.1) is 17.0 Å². The molecule has 1 heterocycles. The Labute approximate surface area is 173 Å². The number of nitro benzene ring substituents is 1. The third-order valence-corrected chi connectivity index (χ3v) is 6.38. The summed E-state index contributed by atoms with van der Waals surface area (Å²) in [6.07, 6.45) is 1.80. The highest BCUT2D eigenvalue weighted by atomic mass is 32.2. The Morgan fingerprint density at radius 3 is 2.43 bits per heavy atom. The molecule has 8 heteroatoms. The van der Waals surface area contributed by atoms with Gasteiger partial charge in [0, 0.05) is 29.2 Å². The minimum Gasteiger partial charge on any atom is -0.361 e. The molecule has 0 saturated heterocycles. The molecule has 0 fully saturated rings. The van der Waals surface area contributed by atoms with Crippen LogP contribution < -0.4 is 4.72 Å². The molecule has 7 nitrogen and oxygen atoms in total. The van der Waals surface area contributed by atoms with Gasteiger partial charge < -0.3 is 4.98 Å². The molecule has 0 saturated carbocycles. The number of para-hydroxylation sites is 1. The van der Waals surface area contributed by atoms with E-state index in [1.54, 1.807) is 6.20 Å². The van der Waals surface area contributed by atoms with Crippen LogP contribution in [0.1, 0.15) is 22.7 Å². The number of nitro groups is 1. The monoisotopic (exact) mass is 421 g/mol. The smallest absolute Gasteiger partial charge is 0.269 e. The first-order valence-electron chi connectivity index (χ1n) is 9.24. The van der Waals surface area contributed by atoms with Gasteiger partial charge in [0.25, 0.3) is 5.69 Å². The molecule has 0 radical (unpaired) electrons. The van der Waals surface area contributed by atoms with Crippen molar-refractivity contribution in [1.29, 1.82) is 0 Å². The average Bonchev–Trinajstić information content (AvgIpc) is 3.16. The van der Waals surface area contributed by atoms with E-state index >= 15 is 0 Å². The fourth-order valence-electron chi connectivity index (χ4n) is 3.46. The number of aromatic nitrogens is 1. The van der Waals surface area contributed by atoms with Crippen LogP contribution >= 0.6 is 0 Å². The van der Waals surface area contributed by atoms with Crippen LogP contribution in [0.25, 0.3) is 10.9 Å². The maximum absolute atomic E-state index is 13.1. The number of H-pyrrole nitrogens is 1. The first-order chi connectivity index (χ1) is 14.3. The summed E-state index contributed by atoms with van der Waals surface area (Å²) in [7, 11) is -3.94. The first kappa shape index (κ1) is 19.8. The van der Waals surface area contributed by atoms with Crippen molar-refractivity contribution in [1.82, 2.24) is 9.71 Å². The van der Waals surface area contributed by atoms with Gasteiger partial charge in [-0.05, 0) is 36.2 Å². The summed E-state index contributed by atoms with van der Waals surface area (Å²) in [6, 6.07) is 19.5. The third kappa shape index (κ3) is 3.83. The van der Waals surface area contributed by atoms with E-state index < -0.39 is 21.0 Å². The van der Waals surface area contributed by atoms with Crippen molar-refractivity contribution in [3.8, 4) is 0 Å². The molecule has 1 unspecified atom stereocenters. The van der Waals surface area contributed by atoms with Crippen molar-refractivity contribution in [2.75, 3.05) is 0 Å². The normalized spacial score (nSPS) is 12.7. The van der Waals surface area contributed by atoms with Crippen LogP contribution in [0.2, 0.25) is 0 Å². The Morgan fingerprint density at radius 2 is 1.73 bits per heavy atom. The first-order valence-corrected chi connectivity index (χ1v) is 10.7. The summed E-state index contributed by atoms with van der Waals surface area (Å²) in [4.78, 5) is 13.5. The molecule has 0 bridgehead atoms. The predicted molar refractivity (Wildman–Crippen MR) is 115 cm³/mol. The molecule has 0 spiro atoms. The maximum atomic E-state index is 13.1. The highest BCUT2D eigenvalue weighted by molar-refractivity contribution is 7.89. The topological polar surface area (TPSA) is 105 Å². The number of hydrogen-bond acceptors (Lipinski definition) is 4. The molecule has 4 aromatic rings. The number of benzene rings is 3. The van der Waals surface area contributed by atoms with Crippen LogP contribution in [0.3, 0.4) is 0 Å². The van der Waals surface area contributed by atoms with Gasteiger partial charge in [-0.1, -0.05) is 48.0 Å². The van der Waals surface area contributed by atoms with Gasteiger partial charge in [0.1, 0.15) is 0 Å². The summed E-state index contributed by atoms with van der Waals surface area (Å²) in [5.41, 5.74) is 3.33. The van der Waals surface area contributed by atoms with Crippen molar-refractivity contribution < 1.29 is 13.3 Å². The second kappa shape index (κ2) is 7.74. The van der Waals surface area contributed by atoms with Crippen molar-refractivity contribution in [3.63, 3.8) is 0 Å². The predicted octanol–water partition coefficient (Wildman–Crippen LogP) is 4.45.